The SMILES string of the molecule is COC(=O)C(=Cc1cccc(Cl)c1F)N=[N+]=[N-]. The van der Waals surface area contributed by atoms with E-state index in [1.165, 1.54) is 18.2 Å². The number of carbonyl (C=O) groups excluding carboxylic acids is 1. The van der Waals surface area contributed by atoms with Crippen LogP contribution in [0.1, 0.15) is 5.56 Å². The Kier molecular flexibility index (Phi) is 4.51. The summed E-state index contributed by atoms with van der Waals surface area (Å²) in [6.07, 6.45) is 1.06. The molecule has 0 N–H and O–H groups in total. The molecule has 1 aromatic carbocycles. The van der Waals surface area contributed by atoms with Gasteiger partial charge in [0.15, 0.2) is 0 Å². The monoisotopic (exact) mass is 255 g/mol. The average molecular weight is 256 g/mol. The fraction of sp³-hybridized carbons (Fsp3) is 0.100. The van der Waals surface area contributed by atoms with Crippen LogP contribution in [0.4, 0.5) is 4.39 Å². The van der Waals surface area contributed by atoms with Gasteiger partial charge in [-0.1, -0.05) is 28.8 Å². The molecule has 7 heteroatoms. The van der Waals surface area contributed by atoms with Crippen LogP contribution in [0.2, 0.25) is 5.02 Å². The van der Waals surface area contributed by atoms with Gasteiger partial charge in [0.05, 0.1) is 12.1 Å². The topological polar surface area (TPSA) is 75.1 Å². The van der Waals surface area contributed by atoms with E-state index in [-0.39, 0.29) is 16.3 Å². The number of nitrogens with zero attached hydrogens (tertiary/aromatic N) is 3. The highest BCUT2D eigenvalue weighted by Gasteiger charge is 2.10. The van der Waals surface area contributed by atoms with Crippen LogP contribution in [0, 0.1) is 5.82 Å². The fourth-order valence-corrected chi connectivity index (χ4v) is 1.24. The number of methoxy groups -OCH3 is 1. The van der Waals surface area contributed by atoms with Crippen LogP contribution in [0.25, 0.3) is 16.5 Å². The lowest BCUT2D eigenvalue weighted by atomic mass is 10.2. The summed E-state index contributed by atoms with van der Waals surface area (Å²) in [4.78, 5) is 13.6. The van der Waals surface area contributed by atoms with Gasteiger partial charge in [0.1, 0.15) is 11.5 Å². The Bertz CT molecular complexity index is 524. The molecule has 0 atom stereocenters. The minimum atomic E-state index is -0.859. The standard InChI is InChI=1S/C10H7ClFN3O2/c1-17-10(16)8(14-15-13)5-6-3-2-4-7(11)9(6)12/h2-5H,1H3. The van der Waals surface area contributed by atoms with Crippen molar-refractivity contribution in [2.24, 2.45) is 5.11 Å². The number of ether oxygens (including phenoxy) is 1. The van der Waals surface area contributed by atoms with Gasteiger partial charge in [0, 0.05) is 10.5 Å². The first-order valence-corrected chi connectivity index (χ1v) is 4.77. The fourth-order valence-electron chi connectivity index (χ4n) is 1.06. The van der Waals surface area contributed by atoms with E-state index in [1.54, 1.807) is 0 Å². The average Bonchev–Trinajstić information content (AvgIpc) is 2.33. The second-order valence-corrected chi connectivity index (χ2v) is 3.26. The summed E-state index contributed by atoms with van der Waals surface area (Å²) >= 11 is 5.56. The summed E-state index contributed by atoms with van der Waals surface area (Å²) in [5.74, 6) is -1.56. The van der Waals surface area contributed by atoms with Crippen molar-refractivity contribution in [2.75, 3.05) is 7.11 Å². The zero-order chi connectivity index (χ0) is 12.8. The number of carbonyl (C=O) groups is 1. The smallest absolute Gasteiger partial charge is 0.340 e. The minimum Gasteiger partial charge on any atom is -0.466 e. The quantitative estimate of drug-likeness (QED) is 0.273. The molecule has 88 valence electrons. The number of halogens is 2. The van der Waals surface area contributed by atoms with Crippen molar-refractivity contribution in [1.29, 1.82) is 0 Å². The van der Waals surface area contributed by atoms with E-state index in [2.05, 4.69) is 14.8 Å². The van der Waals surface area contributed by atoms with Crippen LogP contribution in [-0.2, 0) is 9.53 Å². The first kappa shape index (κ1) is 13.0. The lowest BCUT2D eigenvalue weighted by Gasteiger charge is -2.01. The Hall–Kier alpha value is -2.04. The number of azide groups is 1. The van der Waals surface area contributed by atoms with Crippen molar-refractivity contribution >= 4 is 23.6 Å². The van der Waals surface area contributed by atoms with Gasteiger partial charge in [-0.2, -0.15) is 0 Å². The highest BCUT2D eigenvalue weighted by Crippen LogP contribution is 2.20. The summed E-state index contributed by atoms with van der Waals surface area (Å²) in [5.41, 5.74) is 7.95. The number of rotatable bonds is 3. The summed E-state index contributed by atoms with van der Waals surface area (Å²) in [6.45, 7) is 0. The van der Waals surface area contributed by atoms with Gasteiger partial charge in [0.2, 0.25) is 0 Å². The molecule has 0 aliphatic rings. The molecule has 17 heavy (non-hydrogen) atoms. The first-order valence-electron chi connectivity index (χ1n) is 4.39. The maximum absolute atomic E-state index is 13.5. The van der Waals surface area contributed by atoms with Gasteiger partial charge in [-0.15, -0.1) is 0 Å². The van der Waals surface area contributed by atoms with Gasteiger partial charge in [-0.05, 0) is 17.7 Å². The highest BCUT2D eigenvalue weighted by molar-refractivity contribution is 6.30. The van der Waals surface area contributed by atoms with Crippen molar-refractivity contribution in [1.82, 2.24) is 0 Å². The van der Waals surface area contributed by atoms with Gasteiger partial charge in [-0.25, -0.2) is 9.18 Å². The Morgan fingerprint density at radius 3 is 2.94 bits per heavy atom. The van der Waals surface area contributed by atoms with Crippen LogP contribution in [0.3, 0.4) is 0 Å². The van der Waals surface area contributed by atoms with Crippen molar-refractivity contribution in [3.8, 4) is 0 Å². The van der Waals surface area contributed by atoms with E-state index in [1.807, 2.05) is 0 Å². The second-order valence-electron chi connectivity index (χ2n) is 2.85. The Balaban J connectivity index is 3.26. The summed E-state index contributed by atoms with van der Waals surface area (Å²) in [5, 5.41) is 3.02. The van der Waals surface area contributed by atoms with Crippen LogP contribution in [-0.4, -0.2) is 13.1 Å². The summed E-state index contributed by atoms with van der Waals surface area (Å²) in [6, 6.07) is 4.25. The summed E-state index contributed by atoms with van der Waals surface area (Å²) in [7, 11) is 1.12. The molecule has 0 amide bonds. The second kappa shape index (κ2) is 5.89. The zero-order valence-corrected chi connectivity index (χ0v) is 9.48. The number of hydrogen-bond acceptors (Lipinski definition) is 3. The molecule has 0 spiro atoms. The molecular formula is C10H7ClFN3O2. The third-order valence-corrected chi connectivity index (χ3v) is 2.11. The lowest BCUT2D eigenvalue weighted by Crippen LogP contribution is -2.02. The van der Waals surface area contributed by atoms with Crippen LogP contribution >= 0.6 is 11.6 Å². The minimum absolute atomic E-state index is 0.0327. The molecule has 0 saturated heterocycles. The van der Waals surface area contributed by atoms with Crippen molar-refractivity contribution < 1.29 is 13.9 Å². The van der Waals surface area contributed by atoms with E-state index in [0.29, 0.717) is 0 Å². The predicted molar refractivity (Wildman–Crippen MR) is 60.5 cm³/mol. The molecule has 0 aliphatic heterocycles. The molecule has 0 saturated carbocycles. The van der Waals surface area contributed by atoms with Crippen molar-refractivity contribution in [3.63, 3.8) is 0 Å². The molecule has 0 radical (unpaired) electrons. The molecule has 1 rings (SSSR count). The largest absolute Gasteiger partial charge is 0.466 e. The van der Waals surface area contributed by atoms with Crippen LogP contribution in [0.15, 0.2) is 29.0 Å². The van der Waals surface area contributed by atoms with Gasteiger partial charge in [0.25, 0.3) is 0 Å². The molecule has 1 aromatic rings. The van der Waals surface area contributed by atoms with Crippen LogP contribution < -0.4 is 0 Å². The Labute approximate surface area is 101 Å². The third-order valence-electron chi connectivity index (χ3n) is 1.82. The number of benzene rings is 1. The normalized spacial score (nSPS) is 10.6. The van der Waals surface area contributed by atoms with E-state index in [4.69, 9.17) is 17.1 Å². The molecule has 5 nitrogen and oxygen atoms in total. The highest BCUT2D eigenvalue weighted by atomic mass is 35.5. The van der Waals surface area contributed by atoms with E-state index in [0.717, 1.165) is 13.2 Å². The van der Waals surface area contributed by atoms with Crippen molar-refractivity contribution in [3.05, 3.63) is 50.7 Å². The Morgan fingerprint density at radius 1 is 1.65 bits per heavy atom. The molecule has 0 unspecified atom stereocenters. The molecule has 0 bridgehead atoms. The molecule has 0 heterocycles. The number of hydrogen-bond donors (Lipinski definition) is 0. The maximum Gasteiger partial charge on any atom is 0.340 e. The van der Waals surface area contributed by atoms with Gasteiger partial charge >= 0.3 is 5.97 Å². The maximum atomic E-state index is 13.5. The molecular weight excluding hydrogens is 249 g/mol. The van der Waals surface area contributed by atoms with E-state index in [9.17, 15) is 9.18 Å². The first-order chi connectivity index (χ1) is 8.10. The van der Waals surface area contributed by atoms with E-state index >= 15 is 0 Å². The third kappa shape index (κ3) is 3.21. The van der Waals surface area contributed by atoms with Crippen LogP contribution in [0.5, 0.6) is 0 Å². The predicted octanol–water partition coefficient (Wildman–Crippen LogP) is 3.30. The zero-order valence-electron chi connectivity index (χ0n) is 8.72. The molecule has 0 aliphatic carbocycles. The van der Waals surface area contributed by atoms with Gasteiger partial charge < -0.3 is 4.74 Å². The molecule has 0 aromatic heterocycles. The van der Waals surface area contributed by atoms with Gasteiger partial charge in [-0.3, -0.25) is 0 Å². The molecule has 0 fully saturated rings. The number of esters is 1. The van der Waals surface area contributed by atoms with E-state index < -0.39 is 11.8 Å². The van der Waals surface area contributed by atoms with Crippen molar-refractivity contribution in [2.45, 2.75) is 0 Å². The summed E-state index contributed by atoms with van der Waals surface area (Å²) < 4.78 is 17.9. The Morgan fingerprint density at radius 2 is 2.35 bits per heavy atom. The lowest BCUT2D eigenvalue weighted by molar-refractivity contribution is -0.136.